The molecule has 0 bridgehead atoms. The molecule has 0 aliphatic rings. The molecule has 0 atom stereocenters. The van der Waals surface area contributed by atoms with Crippen LogP contribution in [0.1, 0.15) is 19.8 Å². The Morgan fingerprint density at radius 2 is 2.18 bits per heavy atom. The zero-order valence-electron chi connectivity index (χ0n) is 6.42. The van der Waals surface area contributed by atoms with Gasteiger partial charge >= 0.3 is 0 Å². The fourth-order valence-corrected chi connectivity index (χ4v) is 1.80. The average Bonchev–Trinajstić information content (AvgIpc) is 2.03. The van der Waals surface area contributed by atoms with Crippen molar-refractivity contribution in [3.8, 4) is 0 Å². The molecule has 0 amide bonds. The Hall–Kier alpha value is -0.570. The molecule has 2 nitrogen and oxygen atoms in total. The summed E-state index contributed by atoms with van der Waals surface area (Å²) in [5.41, 5.74) is -0.643. The third-order valence-corrected chi connectivity index (χ3v) is 2.57. The molecule has 0 heterocycles. The van der Waals surface area contributed by atoms with Gasteiger partial charge < -0.3 is 0 Å². The van der Waals surface area contributed by atoms with Crippen molar-refractivity contribution in [3.05, 3.63) is 26.5 Å². The van der Waals surface area contributed by atoms with E-state index in [0.717, 1.165) is 18.6 Å². The van der Waals surface area contributed by atoms with Gasteiger partial charge in [0.1, 0.15) is 0 Å². The van der Waals surface area contributed by atoms with Crippen molar-refractivity contribution in [1.82, 2.24) is 0 Å². The first kappa shape index (κ1) is 8.53. The second-order valence-electron chi connectivity index (χ2n) is 2.40. The van der Waals surface area contributed by atoms with Crippen molar-refractivity contribution >= 4 is 11.8 Å². The monoisotopic (exact) mass is 170 g/mol. The van der Waals surface area contributed by atoms with Crippen molar-refractivity contribution in [2.45, 2.75) is 24.7 Å². The van der Waals surface area contributed by atoms with E-state index in [0.29, 0.717) is 4.90 Å². The van der Waals surface area contributed by atoms with E-state index in [9.17, 15) is 9.59 Å². The minimum atomic E-state index is -0.344. The molecule has 0 radical (unpaired) electrons. The number of rotatable bonds is 4. The Labute approximate surface area is 69.3 Å². The Balaban J connectivity index is 2.37. The summed E-state index contributed by atoms with van der Waals surface area (Å²) < 4.78 is 0. The molecule has 0 fully saturated rings. The van der Waals surface area contributed by atoms with Gasteiger partial charge in [0.05, 0.1) is 4.90 Å². The summed E-state index contributed by atoms with van der Waals surface area (Å²) in [6, 6.07) is 1.42. The number of hydrogen-bond acceptors (Lipinski definition) is 3. The largest absolute Gasteiger partial charge is 0.285 e. The van der Waals surface area contributed by atoms with Gasteiger partial charge in [0, 0.05) is 6.07 Å². The van der Waals surface area contributed by atoms with E-state index in [-0.39, 0.29) is 10.9 Å². The van der Waals surface area contributed by atoms with E-state index in [2.05, 4.69) is 6.92 Å². The predicted octanol–water partition coefficient (Wildman–Crippen LogP) is 1.17. The van der Waals surface area contributed by atoms with E-state index >= 15 is 0 Å². The van der Waals surface area contributed by atoms with Crippen molar-refractivity contribution < 1.29 is 0 Å². The van der Waals surface area contributed by atoms with E-state index in [1.165, 1.54) is 17.8 Å². The fourth-order valence-electron chi connectivity index (χ4n) is 0.728. The fraction of sp³-hybridized carbons (Fsp3) is 0.500. The van der Waals surface area contributed by atoms with Gasteiger partial charge in [0.25, 0.3) is 0 Å². The quantitative estimate of drug-likeness (QED) is 0.386. The minimum absolute atomic E-state index is 0.300. The standard InChI is InChI=1S/C8H10O2S/c1-2-3-4-11-7-5-6(9)8(7)10/h5H,2-4H2,1H3. The maximum absolute atomic E-state index is 10.7. The van der Waals surface area contributed by atoms with Crippen LogP contribution in [-0.4, -0.2) is 5.75 Å². The Morgan fingerprint density at radius 1 is 1.45 bits per heavy atom. The maximum atomic E-state index is 10.7. The van der Waals surface area contributed by atoms with Gasteiger partial charge in [-0.2, -0.15) is 0 Å². The second kappa shape index (κ2) is 3.72. The lowest BCUT2D eigenvalue weighted by atomic mass is 10.3. The molecule has 0 unspecified atom stereocenters. The van der Waals surface area contributed by atoms with Gasteiger partial charge in [-0.3, -0.25) is 9.59 Å². The summed E-state index contributed by atoms with van der Waals surface area (Å²) in [6.07, 6.45) is 2.23. The van der Waals surface area contributed by atoms with Crippen LogP contribution < -0.4 is 10.9 Å². The molecule has 0 N–H and O–H groups in total. The van der Waals surface area contributed by atoms with Crippen LogP contribution in [0.2, 0.25) is 0 Å². The molecule has 0 aliphatic carbocycles. The first-order valence-corrected chi connectivity index (χ1v) is 4.67. The normalized spacial score (nSPS) is 10.6. The molecule has 3 heteroatoms. The molecule has 0 aliphatic heterocycles. The molecular formula is C8H10O2S. The van der Waals surface area contributed by atoms with Crippen LogP contribution in [-0.2, 0) is 0 Å². The SMILES string of the molecule is CCCCSc1cc(=O)c1=O. The molecule has 0 spiro atoms. The molecule has 1 aromatic rings. The molecule has 60 valence electrons. The zero-order valence-corrected chi connectivity index (χ0v) is 7.24. The molecule has 1 rings (SSSR count). The highest BCUT2D eigenvalue weighted by atomic mass is 32.2. The van der Waals surface area contributed by atoms with Gasteiger partial charge in [0.15, 0.2) is 0 Å². The van der Waals surface area contributed by atoms with Crippen molar-refractivity contribution in [2.75, 3.05) is 5.75 Å². The molecular weight excluding hydrogens is 160 g/mol. The van der Waals surface area contributed by atoms with Crippen LogP contribution in [0.3, 0.4) is 0 Å². The second-order valence-corrected chi connectivity index (χ2v) is 3.54. The third-order valence-electron chi connectivity index (χ3n) is 1.47. The van der Waals surface area contributed by atoms with Crippen LogP contribution >= 0.6 is 11.8 Å². The van der Waals surface area contributed by atoms with Crippen molar-refractivity contribution in [1.29, 1.82) is 0 Å². The maximum Gasteiger partial charge on any atom is 0.239 e. The molecule has 0 saturated carbocycles. The van der Waals surface area contributed by atoms with Gasteiger partial charge in [-0.25, -0.2) is 0 Å². The summed E-state index contributed by atoms with van der Waals surface area (Å²) in [4.78, 5) is 21.8. The van der Waals surface area contributed by atoms with Crippen LogP contribution in [0.25, 0.3) is 0 Å². The van der Waals surface area contributed by atoms with E-state index in [1.54, 1.807) is 0 Å². The summed E-state index contributed by atoms with van der Waals surface area (Å²) in [6.45, 7) is 2.10. The smallest absolute Gasteiger partial charge is 0.239 e. The first-order valence-electron chi connectivity index (χ1n) is 3.69. The molecule has 0 aromatic heterocycles. The van der Waals surface area contributed by atoms with Gasteiger partial charge in [0.2, 0.25) is 10.9 Å². The lowest BCUT2D eigenvalue weighted by Crippen LogP contribution is -2.30. The van der Waals surface area contributed by atoms with E-state index in [1.807, 2.05) is 0 Å². The Kier molecular flexibility index (Phi) is 2.88. The average molecular weight is 170 g/mol. The number of thioether (sulfide) groups is 1. The Morgan fingerprint density at radius 3 is 2.64 bits per heavy atom. The molecule has 11 heavy (non-hydrogen) atoms. The van der Waals surface area contributed by atoms with Crippen molar-refractivity contribution in [3.63, 3.8) is 0 Å². The summed E-state index contributed by atoms with van der Waals surface area (Å²) in [5.74, 6) is 0.946. The van der Waals surface area contributed by atoms with E-state index < -0.39 is 0 Å². The first-order chi connectivity index (χ1) is 5.25. The van der Waals surface area contributed by atoms with Crippen LogP contribution in [0.5, 0.6) is 0 Å². The Bertz CT molecular complexity index is 296. The summed E-state index contributed by atoms with van der Waals surface area (Å²) in [5, 5.41) is 0. The van der Waals surface area contributed by atoms with Crippen molar-refractivity contribution in [2.24, 2.45) is 0 Å². The highest BCUT2D eigenvalue weighted by Gasteiger charge is 2.08. The van der Waals surface area contributed by atoms with Crippen LogP contribution in [0.4, 0.5) is 0 Å². The number of unbranched alkanes of at least 4 members (excludes halogenated alkanes) is 1. The topological polar surface area (TPSA) is 34.1 Å². The van der Waals surface area contributed by atoms with Gasteiger partial charge in [-0.05, 0) is 12.2 Å². The minimum Gasteiger partial charge on any atom is -0.285 e. The molecule has 1 aromatic carbocycles. The lowest BCUT2D eigenvalue weighted by Gasteiger charge is -1.98. The molecule has 0 saturated heterocycles. The van der Waals surface area contributed by atoms with Crippen LogP contribution in [0.15, 0.2) is 20.6 Å². The predicted molar refractivity (Wildman–Crippen MR) is 47.0 cm³/mol. The van der Waals surface area contributed by atoms with Gasteiger partial charge in [-0.1, -0.05) is 13.3 Å². The summed E-state index contributed by atoms with van der Waals surface area (Å²) >= 11 is 1.49. The number of hydrogen-bond donors (Lipinski definition) is 0. The highest BCUT2D eigenvalue weighted by Crippen LogP contribution is 2.13. The lowest BCUT2D eigenvalue weighted by molar-refractivity contribution is 0.895. The van der Waals surface area contributed by atoms with Crippen LogP contribution in [0, 0.1) is 0 Å². The van der Waals surface area contributed by atoms with E-state index in [4.69, 9.17) is 0 Å². The third kappa shape index (κ3) is 1.93. The zero-order chi connectivity index (χ0) is 8.27. The highest BCUT2D eigenvalue weighted by molar-refractivity contribution is 7.99. The summed E-state index contributed by atoms with van der Waals surface area (Å²) in [7, 11) is 0. The van der Waals surface area contributed by atoms with Gasteiger partial charge in [-0.15, -0.1) is 11.8 Å².